The molecule has 0 radical (unpaired) electrons. The summed E-state index contributed by atoms with van der Waals surface area (Å²) < 4.78 is 5.15. The Morgan fingerprint density at radius 3 is 2.64 bits per heavy atom. The molecular formula is C11H13NO2. The van der Waals surface area contributed by atoms with E-state index in [1.54, 1.807) is 12.0 Å². The maximum Gasteiger partial charge on any atom is 0.228 e. The smallest absolute Gasteiger partial charge is 0.228 e. The van der Waals surface area contributed by atoms with E-state index in [1.807, 2.05) is 25.1 Å². The Kier molecular flexibility index (Phi) is 2.15. The Labute approximate surface area is 83.3 Å². The summed E-state index contributed by atoms with van der Waals surface area (Å²) in [5, 5.41) is 0. The molecule has 1 saturated heterocycles. The van der Waals surface area contributed by atoms with E-state index in [2.05, 4.69) is 0 Å². The minimum atomic E-state index is 0.192. The highest BCUT2D eigenvalue weighted by Crippen LogP contribution is 2.27. The van der Waals surface area contributed by atoms with E-state index in [0.717, 1.165) is 23.5 Å². The fourth-order valence-corrected chi connectivity index (χ4v) is 1.59. The molecule has 1 aromatic carbocycles. The van der Waals surface area contributed by atoms with Gasteiger partial charge in [-0.05, 0) is 24.6 Å². The van der Waals surface area contributed by atoms with Gasteiger partial charge in [-0.1, -0.05) is 0 Å². The van der Waals surface area contributed by atoms with Gasteiger partial charge in [-0.15, -0.1) is 0 Å². The summed E-state index contributed by atoms with van der Waals surface area (Å²) in [7, 11) is 1.64. The summed E-state index contributed by atoms with van der Waals surface area (Å²) in [6.07, 6.45) is 0.663. The maximum atomic E-state index is 11.2. The largest absolute Gasteiger partial charge is 0.497 e. The lowest BCUT2D eigenvalue weighted by atomic mass is 10.1. The van der Waals surface area contributed by atoms with Gasteiger partial charge in [0.15, 0.2) is 0 Å². The molecule has 3 nitrogen and oxygen atoms in total. The van der Waals surface area contributed by atoms with Gasteiger partial charge in [0.05, 0.1) is 7.11 Å². The van der Waals surface area contributed by atoms with Crippen molar-refractivity contribution in [3.63, 3.8) is 0 Å². The van der Waals surface area contributed by atoms with Crippen molar-refractivity contribution in [3.05, 3.63) is 23.8 Å². The van der Waals surface area contributed by atoms with E-state index >= 15 is 0 Å². The highest BCUT2D eigenvalue weighted by atomic mass is 16.5. The molecule has 0 bridgehead atoms. The number of carbonyl (C=O) groups is 1. The lowest BCUT2D eigenvalue weighted by Crippen LogP contribution is -2.43. The third-order valence-corrected chi connectivity index (χ3v) is 2.43. The minimum absolute atomic E-state index is 0.192. The highest BCUT2D eigenvalue weighted by Gasteiger charge is 2.25. The van der Waals surface area contributed by atoms with E-state index < -0.39 is 0 Å². The zero-order chi connectivity index (χ0) is 10.1. The van der Waals surface area contributed by atoms with Gasteiger partial charge < -0.3 is 9.64 Å². The molecule has 0 aromatic heterocycles. The highest BCUT2D eigenvalue weighted by molar-refractivity contribution is 5.99. The number of carbonyl (C=O) groups excluding carboxylic acids is 1. The molecule has 1 aromatic rings. The zero-order valence-corrected chi connectivity index (χ0v) is 8.41. The number of methoxy groups -OCH3 is 1. The second-order valence-corrected chi connectivity index (χ2v) is 3.50. The molecule has 1 amide bonds. The number of anilines is 1. The normalized spacial score (nSPS) is 15.3. The van der Waals surface area contributed by atoms with Crippen LogP contribution in [0.15, 0.2) is 18.2 Å². The zero-order valence-electron chi connectivity index (χ0n) is 8.41. The summed E-state index contributed by atoms with van der Waals surface area (Å²) in [5.74, 6) is 0.998. The van der Waals surface area contributed by atoms with Gasteiger partial charge in [-0.3, -0.25) is 4.79 Å². The van der Waals surface area contributed by atoms with Crippen LogP contribution in [0.3, 0.4) is 0 Å². The quantitative estimate of drug-likeness (QED) is 0.666. The predicted octanol–water partition coefficient (Wildman–Crippen LogP) is 1.74. The van der Waals surface area contributed by atoms with Crippen LogP contribution in [0, 0.1) is 6.92 Å². The molecule has 0 spiro atoms. The first-order chi connectivity index (χ1) is 6.70. The van der Waals surface area contributed by atoms with Gasteiger partial charge in [0.25, 0.3) is 0 Å². The Bertz CT molecular complexity index is 374. The first-order valence-electron chi connectivity index (χ1n) is 4.67. The van der Waals surface area contributed by atoms with Crippen LogP contribution in [0.5, 0.6) is 5.75 Å². The minimum Gasteiger partial charge on any atom is -0.497 e. The number of benzene rings is 1. The molecule has 0 aliphatic carbocycles. The lowest BCUT2D eigenvalue weighted by molar-refractivity contribution is -0.122. The van der Waals surface area contributed by atoms with Crippen molar-refractivity contribution < 1.29 is 9.53 Å². The molecule has 1 aliphatic rings. The fourth-order valence-electron chi connectivity index (χ4n) is 1.59. The van der Waals surface area contributed by atoms with Gasteiger partial charge in [0.1, 0.15) is 5.75 Å². The van der Waals surface area contributed by atoms with Gasteiger partial charge in [-0.25, -0.2) is 0 Å². The summed E-state index contributed by atoms with van der Waals surface area (Å²) in [4.78, 5) is 13.0. The van der Waals surface area contributed by atoms with E-state index in [-0.39, 0.29) is 5.91 Å². The fraction of sp³-hybridized carbons (Fsp3) is 0.364. The molecule has 0 atom stereocenters. The lowest BCUT2D eigenvalue weighted by Gasteiger charge is -2.31. The number of rotatable bonds is 2. The summed E-state index contributed by atoms with van der Waals surface area (Å²) >= 11 is 0. The Morgan fingerprint density at radius 1 is 1.36 bits per heavy atom. The summed E-state index contributed by atoms with van der Waals surface area (Å²) in [6, 6.07) is 5.84. The standard InChI is InChI=1S/C11H13NO2/c1-8-5-9(7-10(6-8)14-2)12-4-3-11(12)13/h5-7H,3-4H2,1-2H3. The molecule has 1 heterocycles. The monoisotopic (exact) mass is 191 g/mol. The van der Waals surface area contributed by atoms with Crippen molar-refractivity contribution in [1.82, 2.24) is 0 Å². The number of ether oxygens (including phenoxy) is 1. The van der Waals surface area contributed by atoms with Crippen LogP contribution in [0.1, 0.15) is 12.0 Å². The van der Waals surface area contributed by atoms with Crippen LogP contribution in [-0.2, 0) is 4.79 Å². The second kappa shape index (κ2) is 3.33. The SMILES string of the molecule is COc1cc(C)cc(N2CCC2=O)c1. The molecule has 0 N–H and O–H groups in total. The average molecular weight is 191 g/mol. The first kappa shape index (κ1) is 9.06. The molecule has 1 aliphatic heterocycles. The molecule has 3 heteroatoms. The van der Waals surface area contributed by atoms with Crippen LogP contribution in [0.4, 0.5) is 5.69 Å². The van der Waals surface area contributed by atoms with Gasteiger partial charge in [0.2, 0.25) is 5.91 Å². The van der Waals surface area contributed by atoms with Crippen molar-refractivity contribution in [1.29, 1.82) is 0 Å². The number of nitrogens with zero attached hydrogens (tertiary/aromatic N) is 1. The predicted molar refractivity (Wildman–Crippen MR) is 54.7 cm³/mol. The number of amides is 1. The first-order valence-corrected chi connectivity index (χ1v) is 4.67. The number of aryl methyl sites for hydroxylation is 1. The van der Waals surface area contributed by atoms with Crippen LogP contribution in [-0.4, -0.2) is 19.6 Å². The van der Waals surface area contributed by atoms with Gasteiger partial charge in [-0.2, -0.15) is 0 Å². The molecule has 74 valence electrons. The Hall–Kier alpha value is -1.51. The van der Waals surface area contributed by atoms with Crippen molar-refractivity contribution in [2.45, 2.75) is 13.3 Å². The number of β-lactam (4-membered cyclic amide) rings is 1. The average Bonchev–Trinajstić information content (AvgIpc) is 2.14. The van der Waals surface area contributed by atoms with Gasteiger partial charge in [0, 0.05) is 24.7 Å². The van der Waals surface area contributed by atoms with E-state index in [1.165, 1.54) is 0 Å². The van der Waals surface area contributed by atoms with Crippen molar-refractivity contribution in [3.8, 4) is 5.75 Å². The molecular weight excluding hydrogens is 178 g/mol. The topological polar surface area (TPSA) is 29.5 Å². The maximum absolute atomic E-state index is 11.2. The molecule has 1 fully saturated rings. The number of hydrogen-bond acceptors (Lipinski definition) is 2. The molecule has 0 unspecified atom stereocenters. The third kappa shape index (κ3) is 1.45. The summed E-state index contributed by atoms with van der Waals surface area (Å²) in [5.41, 5.74) is 2.05. The molecule has 14 heavy (non-hydrogen) atoms. The van der Waals surface area contributed by atoms with Crippen molar-refractivity contribution >= 4 is 11.6 Å². The van der Waals surface area contributed by atoms with Crippen LogP contribution < -0.4 is 9.64 Å². The van der Waals surface area contributed by atoms with Crippen molar-refractivity contribution in [2.24, 2.45) is 0 Å². The van der Waals surface area contributed by atoms with E-state index in [0.29, 0.717) is 6.42 Å². The molecule has 0 saturated carbocycles. The Morgan fingerprint density at radius 2 is 2.14 bits per heavy atom. The van der Waals surface area contributed by atoms with Crippen LogP contribution in [0.2, 0.25) is 0 Å². The molecule has 2 rings (SSSR count). The van der Waals surface area contributed by atoms with Crippen LogP contribution in [0.25, 0.3) is 0 Å². The summed E-state index contributed by atoms with van der Waals surface area (Å²) in [6.45, 7) is 2.82. The van der Waals surface area contributed by atoms with Gasteiger partial charge >= 0.3 is 0 Å². The third-order valence-electron chi connectivity index (χ3n) is 2.43. The van der Waals surface area contributed by atoms with E-state index in [9.17, 15) is 4.79 Å². The second-order valence-electron chi connectivity index (χ2n) is 3.50. The Balaban J connectivity index is 2.33. The van der Waals surface area contributed by atoms with E-state index in [4.69, 9.17) is 4.74 Å². The van der Waals surface area contributed by atoms with Crippen molar-refractivity contribution in [2.75, 3.05) is 18.6 Å². The number of hydrogen-bond donors (Lipinski definition) is 0. The van der Waals surface area contributed by atoms with Crippen LogP contribution >= 0.6 is 0 Å².